The van der Waals surface area contributed by atoms with Gasteiger partial charge in [0.25, 0.3) is 23.5 Å². The quantitative estimate of drug-likeness (QED) is 0.0656. The molecule has 8 heterocycles. The van der Waals surface area contributed by atoms with Crippen molar-refractivity contribution in [1.29, 1.82) is 0 Å². The van der Waals surface area contributed by atoms with E-state index in [0.29, 0.717) is 89.0 Å². The maximum atomic E-state index is 13.8. The number of piperidine rings is 4. The van der Waals surface area contributed by atoms with Gasteiger partial charge in [-0.15, -0.1) is 0 Å². The lowest BCUT2D eigenvalue weighted by atomic mass is 9.90. The smallest absolute Gasteiger partial charge is 0.416 e. The summed E-state index contributed by atoms with van der Waals surface area (Å²) in [7, 11) is 0. The van der Waals surface area contributed by atoms with Crippen molar-refractivity contribution in [3.63, 3.8) is 0 Å². The number of furan rings is 1. The third-order valence-corrected chi connectivity index (χ3v) is 20.0. The standard InChI is InChI=1S/C36H38F6N4O4.C34H38F6N6O2/c37-35(38,39)26-19-25(20-27(21-26)36(40,41)42)33(48)46-12-10-28(22-30(46)18-24-6-2-1-3-7-24)43-13-15-44(16-14-43)29-8-4-11-45(23-29)34(49)32(47)31-9-5-17-50-31;35-33(36,37)26-18-25(19-27(20-26)34(38,39)40)31(47)46-11-8-28(21-30(46)17-24-5-2-1-3-6-24)42-13-15-43(16-14-42)29-7-4-10-44(22-29)32(48)45-12-9-41-23-45/h1-3,5-7,9,17,19-21,28-30H,4,8,10-16,18,22-23H2;1-3,5-6,9,12,18-20,23,28-30H,4,7-8,10-11,13-17,21-22H2. The maximum absolute atomic E-state index is 13.8. The second kappa shape index (κ2) is 30.2. The molecular formula is C70H76F12N10O6. The van der Waals surface area contributed by atoms with Gasteiger partial charge in [-0.3, -0.25) is 43.3 Å². The SMILES string of the molecule is O=C(C(=O)N1CCCC(N2CCN(C3CCN(C(=O)c4cc(C(F)(F)F)cc(C(F)(F)F)c4)C(Cc4ccccc4)C3)CC2)C1)c1ccco1.O=C(c1cc(C(F)(F)F)cc(C(F)(F)F)c1)N1CCC(N2CCN(C3CCCN(C(=O)n4ccnc4)C3)CC2)CC1Cc1ccccc1. The van der Waals surface area contributed by atoms with Gasteiger partial charge in [-0.05, 0) is 124 Å². The number of nitrogens with zero attached hydrogens (tertiary/aromatic N) is 10. The number of rotatable bonds is 12. The van der Waals surface area contributed by atoms with Gasteiger partial charge in [-0.2, -0.15) is 52.7 Å². The number of carbonyl (C=O) groups excluding carboxylic acids is 5. The largest absolute Gasteiger partial charge is 0.461 e. The van der Waals surface area contributed by atoms with Crippen LogP contribution in [0.1, 0.15) is 116 Å². The first-order valence-corrected chi connectivity index (χ1v) is 33.0. The van der Waals surface area contributed by atoms with Crippen molar-refractivity contribution in [2.24, 2.45) is 0 Å². The van der Waals surface area contributed by atoms with E-state index in [0.717, 1.165) is 89.2 Å². The molecule has 6 fully saturated rings. The van der Waals surface area contributed by atoms with Crippen LogP contribution in [0.4, 0.5) is 57.5 Å². The van der Waals surface area contributed by atoms with Crippen molar-refractivity contribution >= 4 is 29.5 Å². The number of ketones is 1. The number of benzene rings is 4. The van der Waals surface area contributed by atoms with Crippen LogP contribution >= 0.6 is 0 Å². The monoisotopic (exact) mass is 1380 g/mol. The Balaban J connectivity index is 0.000000199. The minimum absolute atomic E-state index is 0.0185. The van der Waals surface area contributed by atoms with Gasteiger partial charge in [-0.25, -0.2) is 9.78 Å². The molecule has 6 atom stereocenters. The van der Waals surface area contributed by atoms with Gasteiger partial charge in [0, 0.05) is 151 Å². The summed E-state index contributed by atoms with van der Waals surface area (Å²) in [6.07, 6.45) is -7.58. The van der Waals surface area contributed by atoms with Crippen LogP contribution in [0.3, 0.4) is 0 Å². The van der Waals surface area contributed by atoms with Gasteiger partial charge < -0.3 is 24.0 Å². The molecule has 6 unspecified atom stereocenters. The third-order valence-electron chi connectivity index (χ3n) is 20.0. The molecule has 12 rings (SSSR count). The van der Waals surface area contributed by atoms with E-state index in [4.69, 9.17) is 4.42 Å². The van der Waals surface area contributed by atoms with Gasteiger partial charge in [-0.1, -0.05) is 60.7 Å². The number of imidazole rings is 1. The normalized spacial score (nSPS) is 23.1. The summed E-state index contributed by atoms with van der Waals surface area (Å²) in [4.78, 5) is 85.7. The first-order chi connectivity index (χ1) is 46.6. The molecule has 16 nitrogen and oxygen atoms in total. The van der Waals surface area contributed by atoms with Gasteiger partial charge >= 0.3 is 30.7 Å². The number of hydrogen-bond acceptors (Lipinski definition) is 11. The third kappa shape index (κ3) is 17.3. The fourth-order valence-corrected chi connectivity index (χ4v) is 14.9. The number of alkyl halides is 12. The highest BCUT2D eigenvalue weighted by molar-refractivity contribution is 6.41. The molecular weight excluding hydrogens is 1300 g/mol. The summed E-state index contributed by atoms with van der Waals surface area (Å²) in [6, 6.07) is 23.4. The Morgan fingerprint density at radius 2 is 0.847 bits per heavy atom. The van der Waals surface area contributed by atoms with Crippen molar-refractivity contribution in [1.82, 2.24) is 48.8 Å². The summed E-state index contributed by atoms with van der Waals surface area (Å²) < 4.78 is 170. The van der Waals surface area contributed by atoms with Gasteiger partial charge in [0.15, 0.2) is 5.76 Å². The van der Waals surface area contributed by atoms with Gasteiger partial charge in [0.1, 0.15) is 6.33 Å². The Labute approximate surface area is 558 Å². The Morgan fingerprint density at radius 3 is 1.22 bits per heavy atom. The molecule has 6 aliphatic heterocycles. The highest BCUT2D eigenvalue weighted by atomic mass is 19.4. The van der Waals surface area contributed by atoms with E-state index in [2.05, 4.69) is 24.6 Å². The maximum Gasteiger partial charge on any atom is 0.416 e. The van der Waals surface area contributed by atoms with Crippen molar-refractivity contribution in [2.45, 2.75) is 125 Å². The number of hydrogen-bond donors (Lipinski definition) is 0. The molecule has 0 aliphatic carbocycles. The predicted octanol–water partition coefficient (Wildman–Crippen LogP) is 11.9. The number of amides is 4. The van der Waals surface area contributed by atoms with Crippen LogP contribution in [-0.4, -0.2) is 206 Å². The zero-order chi connectivity index (χ0) is 69.7. The molecule has 6 aromatic rings. The molecule has 98 heavy (non-hydrogen) atoms. The van der Waals surface area contributed by atoms with E-state index >= 15 is 0 Å². The Hall–Kier alpha value is -8.08. The highest BCUT2D eigenvalue weighted by Gasteiger charge is 2.44. The van der Waals surface area contributed by atoms with Crippen LogP contribution in [0.5, 0.6) is 0 Å². The van der Waals surface area contributed by atoms with Gasteiger partial charge in [0.05, 0.1) is 28.5 Å². The minimum atomic E-state index is -5.06. The molecule has 0 saturated carbocycles. The average Bonchev–Trinajstić information content (AvgIpc) is 0.855. The summed E-state index contributed by atoms with van der Waals surface area (Å²) in [6.45, 7) is 8.76. The van der Waals surface area contributed by atoms with E-state index in [9.17, 15) is 76.7 Å². The minimum Gasteiger partial charge on any atom is -0.461 e. The number of aromatic nitrogens is 2. The Morgan fingerprint density at radius 1 is 0.449 bits per heavy atom. The van der Waals surface area contributed by atoms with Crippen LogP contribution in [-0.2, 0) is 42.3 Å². The summed E-state index contributed by atoms with van der Waals surface area (Å²) in [5.41, 5.74) is -5.45. The molecule has 28 heteroatoms. The molecule has 0 radical (unpaired) electrons. The van der Waals surface area contributed by atoms with Crippen LogP contribution in [0.25, 0.3) is 0 Å². The number of piperazine rings is 2. The first-order valence-electron chi connectivity index (χ1n) is 33.0. The number of Topliss-reactive ketones (excluding diaryl/α,β-unsaturated/α-hetero) is 1. The van der Waals surface area contributed by atoms with Crippen LogP contribution in [0.15, 0.2) is 139 Å². The predicted molar refractivity (Wildman–Crippen MR) is 335 cm³/mol. The van der Waals surface area contributed by atoms with Crippen LogP contribution < -0.4 is 0 Å². The molecule has 4 amide bonds. The first kappa shape index (κ1) is 71.2. The molecule has 0 N–H and O–H groups in total. The summed E-state index contributed by atoms with van der Waals surface area (Å²) in [5, 5.41) is 0. The van der Waals surface area contributed by atoms with Gasteiger partial charge in [0.2, 0.25) is 0 Å². The fourth-order valence-electron chi connectivity index (χ4n) is 14.9. The van der Waals surface area contributed by atoms with Crippen LogP contribution in [0, 0.1) is 0 Å². The molecule has 6 saturated heterocycles. The van der Waals surface area contributed by atoms with E-state index in [1.54, 1.807) is 23.4 Å². The van der Waals surface area contributed by atoms with E-state index in [1.807, 2.05) is 65.6 Å². The molecule has 526 valence electrons. The lowest BCUT2D eigenvalue weighted by molar-refractivity contribution is -0.144. The van der Waals surface area contributed by atoms with E-state index < -0.39 is 93.7 Å². The molecule has 4 aromatic carbocycles. The van der Waals surface area contributed by atoms with Crippen LogP contribution in [0.2, 0.25) is 0 Å². The average molecular weight is 1380 g/mol. The fraction of sp³-hybridized carbons (Fsp3) is 0.486. The van der Waals surface area contributed by atoms with Crippen molar-refractivity contribution < 1.29 is 81.1 Å². The molecule has 6 aliphatic rings. The second-order valence-electron chi connectivity index (χ2n) is 26.1. The lowest BCUT2D eigenvalue weighted by Gasteiger charge is -2.48. The topological polar surface area (TPSA) is 142 Å². The molecule has 0 spiro atoms. The number of carbonyl (C=O) groups is 5. The Kier molecular flexibility index (Phi) is 21.9. The van der Waals surface area contributed by atoms with Crippen molar-refractivity contribution in [2.75, 3.05) is 91.6 Å². The molecule has 0 bridgehead atoms. The second-order valence-corrected chi connectivity index (χ2v) is 26.1. The van der Waals surface area contributed by atoms with Crippen molar-refractivity contribution in [3.8, 4) is 0 Å². The highest BCUT2D eigenvalue weighted by Crippen LogP contribution is 2.40. The Bertz CT molecular complexity index is 3630. The lowest BCUT2D eigenvalue weighted by Crippen LogP contribution is -2.59. The number of likely N-dealkylation sites (tertiary alicyclic amines) is 4. The summed E-state index contributed by atoms with van der Waals surface area (Å²) in [5.74, 6) is -2.90. The number of halogens is 12. The van der Waals surface area contributed by atoms with E-state index in [1.165, 1.54) is 33.0 Å². The zero-order valence-electron chi connectivity index (χ0n) is 53.6. The molecule has 2 aromatic heterocycles. The van der Waals surface area contributed by atoms with E-state index in [-0.39, 0.29) is 61.2 Å². The van der Waals surface area contributed by atoms with Crippen molar-refractivity contribution in [3.05, 3.63) is 184 Å². The zero-order valence-corrected chi connectivity index (χ0v) is 53.6. The summed E-state index contributed by atoms with van der Waals surface area (Å²) >= 11 is 0.